The predicted octanol–water partition coefficient (Wildman–Crippen LogP) is 5.02. The molecular formula is C16H26BrN3. The summed E-state index contributed by atoms with van der Waals surface area (Å²) in [5.74, 6) is 2.51. The van der Waals surface area contributed by atoms with Gasteiger partial charge in [-0.3, -0.25) is 0 Å². The number of anilines is 1. The molecule has 1 aliphatic carbocycles. The Labute approximate surface area is 131 Å². The third-order valence-corrected chi connectivity index (χ3v) is 4.61. The van der Waals surface area contributed by atoms with Crippen molar-refractivity contribution in [3.63, 3.8) is 0 Å². The largest absolute Gasteiger partial charge is 0.369 e. The number of hydrogen-bond acceptors (Lipinski definition) is 3. The van der Waals surface area contributed by atoms with Crippen LogP contribution in [-0.4, -0.2) is 16.5 Å². The minimum absolute atomic E-state index is 0.0172. The molecule has 0 aromatic carbocycles. The molecule has 0 spiro atoms. The average molecular weight is 340 g/mol. The van der Waals surface area contributed by atoms with Crippen LogP contribution in [-0.2, 0) is 5.41 Å². The zero-order valence-corrected chi connectivity index (χ0v) is 14.7. The molecule has 1 saturated carbocycles. The fourth-order valence-electron chi connectivity index (χ4n) is 2.63. The summed E-state index contributed by atoms with van der Waals surface area (Å²) < 4.78 is 1.07. The second-order valence-corrected chi connectivity index (χ2v) is 7.55. The number of nitrogens with zero attached hydrogens (tertiary/aromatic N) is 2. The normalized spacial score (nSPS) is 16.6. The molecule has 112 valence electrons. The Bertz CT molecular complexity index is 460. The molecule has 1 aromatic rings. The van der Waals surface area contributed by atoms with Crippen LogP contribution in [0.15, 0.2) is 4.47 Å². The van der Waals surface area contributed by atoms with Gasteiger partial charge in [-0.25, -0.2) is 9.97 Å². The van der Waals surface area contributed by atoms with E-state index in [0.717, 1.165) is 29.1 Å². The standard InChI is InChI=1S/C16H26BrN3/c1-5-10-18-14-12(17)13(11-8-6-7-9-11)19-15(20-14)16(2,3)4/h11H,5-10H2,1-4H3,(H,18,19,20). The van der Waals surface area contributed by atoms with E-state index in [1.54, 1.807) is 0 Å². The van der Waals surface area contributed by atoms with Gasteiger partial charge >= 0.3 is 0 Å². The van der Waals surface area contributed by atoms with Crippen molar-refractivity contribution < 1.29 is 0 Å². The Morgan fingerprint density at radius 3 is 2.40 bits per heavy atom. The molecule has 2 rings (SSSR count). The van der Waals surface area contributed by atoms with Crippen LogP contribution in [0.2, 0.25) is 0 Å². The van der Waals surface area contributed by atoms with Crippen LogP contribution in [0, 0.1) is 0 Å². The molecule has 0 unspecified atom stereocenters. The summed E-state index contributed by atoms with van der Waals surface area (Å²) in [6.45, 7) is 9.66. The highest BCUT2D eigenvalue weighted by Crippen LogP contribution is 2.39. The van der Waals surface area contributed by atoms with Gasteiger partial charge in [0.05, 0.1) is 10.2 Å². The Morgan fingerprint density at radius 1 is 1.20 bits per heavy atom. The second-order valence-electron chi connectivity index (χ2n) is 6.75. The molecule has 0 saturated heterocycles. The van der Waals surface area contributed by atoms with E-state index < -0.39 is 0 Å². The summed E-state index contributed by atoms with van der Waals surface area (Å²) >= 11 is 3.73. The van der Waals surface area contributed by atoms with Crippen LogP contribution in [0.4, 0.5) is 5.82 Å². The second kappa shape index (κ2) is 6.42. The van der Waals surface area contributed by atoms with Gasteiger partial charge in [-0.2, -0.15) is 0 Å². The molecule has 20 heavy (non-hydrogen) atoms. The van der Waals surface area contributed by atoms with Crippen molar-refractivity contribution in [2.45, 2.75) is 71.1 Å². The SMILES string of the molecule is CCCNc1nc(C(C)(C)C)nc(C2CCCC2)c1Br. The van der Waals surface area contributed by atoms with Crippen LogP contribution < -0.4 is 5.32 Å². The van der Waals surface area contributed by atoms with Gasteiger partial charge in [-0.15, -0.1) is 0 Å². The van der Waals surface area contributed by atoms with E-state index in [-0.39, 0.29) is 5.41 Å². The fourth-order valence-corrected chi connectivity index (χ4v) is 3.27. The third-order valence-electron chi connectivity index (χ3n) is 3.83. The van der Waals surface area contributed by atoms with Crippen LogP contribution >= 0.6 is 15.9 Å². The van der Waals surface area contributed by atoms with Crippen molar-refractivity contribution in [1.29, 1.82) is 0 Å². The topological polar surface area (TPSA) is 37.8 Å². The number of hydrogen-bond donors (Lipinski definition) is 1. The van der Waals surface area contributed by atoms with Crippen molar-refractivity contribution in [3.8, 4) is 0 Å². The molecule has 0 aliphatic heterocycles. The molecule has 3 nitrogen and oxygen atoms in total. The third kappa shape index (κ3) is 3.51. The molecule has 1 N–H and O–H groups in total. The van der Waals surface area contributed by atoms with Crippen LogP contribution in [0.1, 0.15) is 77.2 Å². The Morgan fingerprint density at radius 2 is 1.85 bits per heavy atom. The maximum atomic E-state index is 4.90. The van der Waals surface area contributed by atoms with Crippen molar-refractivity contribution in [3.05, 3.63) is 16.0 Å². The number of halogens is 1. The number of aromatic nitrogens is 2. The Hall–Kier alpha value is -0.640. The molecule has 1 fully saturated rings. The quantitative estimate of drug-likeness (QED) is 0.837. The monoisotopic (exact) mass is 339 g/mol. The average Bonchev–Trinajstić information content (AvgIpc) is 2.90. The van der Waals surface area contributed by atoms with Crippen molar-refractivity contribution in [2.24, 2.45) is 0 Å². The van der Waals surface area contributed by atoms with Gasteiger partial charge in [-0.05, 0) is 35.2 Å². The molecule has 0 radical (unpaired) electrons. The van der Waals surface area contributed by atoms with Gasteiger partial charge in [0.1, 0.15) is 11.6 Å². The first-order valence-electron chi connectivity index (χ1n) is 7.75. The summed E-state index contributed by atoms with van der Waals surface area (Å²) in [6.07, 6.45) is 6.26. The molecule has 1 aliphatic rings. The first-order valence-corrected chi connectivity index (χ1v) is 8.54. The van der Waals surface area contributed by atoms with E-state index in [0.29, 0.717) is 5.92 Å². The Balaban J connectivity index is 2.42. The van der Waals surface area contributed by atoms with Gasteiger partial charge in [0, 0.05) is 17.9 Å². The van der Waals surface area contributed by atoms with Gasteiger partial charge < -0.3 is 5.32 Å². The molecule has 1 aromatic heterocycles. The van der Waals surface area contributed by atoms with Crippen LogP contribution in [0.25, 0.3) is 0 Å². The zero-order chi connectivity index (χ0) is 14.8. The fraction of sp³-hybridized carbons (Fsp3) is 0.750. The minimum atomic E-state index is -0.0172. The summed E-state index contributed by atoms with van der Waals surface area (Å²) in [4.78, 5) is 9.64. The van der Waals surface area contributed by atoms with Gasteiger partial charge in [0.15, 0.2) is 0 Å². The predicted molar refractivity (Wildman–Crippen MR) is 88.4 cm³/mol. The lowest BCUT2D eigenvalue weighted by molar-refractivity contribution is 0.534. The van der Waals surface area contributed by atoms with Gasteiger partial charge in [0.25, 0.3) is 0 Å². The van der Waals surface area contributed by atoms with Gasteiger partial charge in [0.2, 0.25) is 0 Å². The van der Waals surface area contributed by atoms with E-state index in [9.17, 15) is 0 Å². The minimum Gasteiger partial charge on any atom is -0.369 e. The highest BCUT2D eigenvalue weighted by atomic mass is 79.9. The maximum Gasteiger partial charge on any atom is 0.144 e. The van der Waals surface area contributed by atoms with E-state index in [4.69, 9.17) is 9.97 Å². The molecule has 0 atom stereocenters. The van der Waals surface area contributed by atoms with Gasteiger partial charge in [-0.1, -0.05) is 40.5 Å². The van der Waals surface area contributed by atoms with E-state index in [1.807, 2.05) is 0 Å². The lowest BCUT2D eigenvalue weighted by Gasteiger charge is -2.22. The van der Waals surface area contributed by atoms with Crippen molar-refractivity contribution in [1.82, 2.24) is 9.97 Å². The first kappa shape index (κ1) is 15.7. The lowest BCUT2D eigenvalue weighted by Crippen LogP contribution is -2.20. The zero-order valence-electron chi connectivity index (χ0n) is 13.1. The van der Waals surface area contributed by atoms with Crippen LogP contribution in [0.3, 0.4) is 0 Å². The summed E-state index contributed by atoms with van der Waals surface area (Å²) in [7, 11) is 0. The van der Waals surface area contributed by atoms with Crippen molar-refractivity contribution >= 4 is 21.7 Å². The lowest BCUT2D eigenvalue weighted by atomic mass is 9.94. The van der Waals surface area contributed by atoms with Crippen molar-refractivity contribution in [2.75, 3.05) is 11.9 Å². The smallest absolute Gasteiger partial charge is 0.144 e. The highest BCUT2D eigenvalue weighted by Gasteiger charge is 2.27. The highest BCUT2D eigenvalue weighted by molar-refractivity contribution is 9.10. The summed E-state index contributed by atoms with van der Waals surface area (Å²) in [6, 6.07) is 0. The molecule has 1 heterocycles. The summed E-state index contributed by atoms with van der Waals surface area (Å²) in [5.41, 5.74) is 1.19. The van der Waals surface area contributed by atoms with E-state index >= 15 is 0 Å². The molecule has 0 amide bonds. The van der Waals surface area contributed by atoms with Crippen LogP contribution in [0.5, 0.6) is 0 Å². The molecule has 4 heteroatoms. The number of rotatable bonds is 4. The molecule has 0 bridgehead atoms. The maximum absolute atomic E-state index is 4.90. The number of nitrogens with one attached hydrogen (secondary N) is 1. The Kier molecular flexibility index (Phi) is 5.05. The molecular weight excluding hydrogens is 314 g/mol. The first-order chi connectivity index (χ1) is 9.43. The van der Waals surface area contributed by atoms with E-state index in [2.05, 4.69) is 48.9 Å². The van der Waals surface area contributed by atoms with E-state index in [1.165, 1.54) is 31.4 Å². The summed E-state index contributed by atoms with van der Waals surface area (Å²) in [5, 5.41) is 3.44.